The van der Waals surface area contributed by atoms with Crippen LogP contribution in [0, 0.1) is 0 Å². The summed E-state index contributed by atoms with van der Waals surface area (Å²) < 4.78 is 5.01. The SMILES string of the molecule is CCCCCCC[C@H](O)C[C@H](O)CCc1ccc(OC)c(O)c1. The Morgan fingerprint density at radius 2 is 1.70 bits per heavy atom. The molecule has 4 heteroatoms. The number of aryl methyl sites for hydroxylation is 1. The van der Waals surface area contributed by atoms with Crippen molar-refractivity contribution >= 4 is 0 Å². The van der Waals surface area contributed by atoms with Crippen LogP contribution in [0.2, 0.25) is 0 Å². The van der Waals surface area contributed by atoms with Crippen molar-refractivity contribution in [2.75, 3.05) is 7.11 Å². The zero-order chi connectivity index (χ0) is 17.1. The van der Waals surface area contributed by atoms with Gasteiger partial charge >= 0.3 is 0 Å². The van der Waals surface area contributed by atoms with Crippen LogP contribution in [0.3, 0.4) is 0 Å². The van der Waals surface area contributed by atoms with Crippen LogP contribution in [0.25, 0.3) is 0 Å². The number of hydrogen-bond donors (Lipinski definition) is 3. The van der Waals surface area contributed by atoms with E-state index in [1.807, 2.05) is 6.07 Å². The summed E-state index contributed by atoms with van der Waals surface area (Å²) in [5.41, 5.74) is 0.955. The van der Waals surface area contributed by atoms with E-state index in [0.29, 0.717) is 25.0 Å². The van der Waals surface area contributed by atoms with E-state index in [-0.39, 0.29) is 5.75 Å². The van der Waals surface area contributed by atoms with Crippen LogP contribution in [0.15, 0.2) is 18.2 Å². The van der Waals surface area contributed by atoms with Gasteiger partial charge in [-0.2, -0.15) is 0 Å². The Morgan fingerprint density at radius 1 is 1.00 bits per heavy atom. The number of phenolic OH excluding ortho intramolecular Hbond substituents is 1. The minimum atomic E-state index is -0.509. The lowest BCUT2D eigenvalue weighted by atomic mass is 9.99. The third-order valence-electron chi connectivity index (χ3n) is 4.19. The lowest BCUT2D eigenvalue weighted by Crippen LogP contribution is -2.18. The first kappa shape index (κ1) is 19.8. The van der Waals surface area contributed by atoms with E-state index in [4.69, 9.17) is 4.74 Å². The van der Waals surface area contributed by atoms with Crippen LogP contribution in [-0.2, 0) is 6.42 Å². The molecule has 4 nitrogen and oxygen atoms in total. The van der Waals surface area contributed by atoms with E-state index in [1.54, 1.807) is 12.1 Å². The molecular formula is C19H32O4. The van der Waals surface area contributed by atoms with Gasteiger partial charge in [-0.1, -0.05) is 45.1 Å². The summed E-state index contributed by atoms with van der Waals surface area (Å²) in [7, 11) is 1.52. The maximum Gasteiger partial charge on any atom is 0.160 e. The smallest absolute Gasteiger partial charge is 0.160 e. The van der Waals surface area contributed by atoms with Gasteiger partial charge in [0.2, 0.25) is 0 Å². The molecule has 3 N–H and O–H groups in total. The molecule has 1 aromatic rings. The number of ether oxygens (including phenoxy) is 1. The number of aliphatic hydroxyl groups is 2. The molecule has 2 atom stereocenters. The minimum Gasteiger partial charge on any atom is -0.504 e. The van der Waals surface area contributed by atoms with Crippen molar-refractivity contribution in [2.45, 2.75) is 76.9 Å². The number of aromatic hydroxyl groups is 1. The number of rotatable bonds is 12. The van der Waals surface area contributed by atoms with Crippen LogP contribution < -0.4 is 4.74 Å². The fraction of sp³-hybridized carbons (Fsp3) is 0.684. The highest BCUT2D eigenvalue weighted by molar-refractivity contribution is 5.41. The molecule has 0 radical (unpaired) electrons. The Labute approximate surface area is 140 Å². The normalized spacial score (nSPS) is 13.7. The van der Waals surface area contributed by atoms with Gasteiger partial charge in [0.25, 0.3) is 0 Å². The van der Waals surface area contributed by atoms with E-state index >= 15 is 0 Å². The molecule has 0 saturated heterocycles. The molecule has 1 aromatic carbocycles. The van der Waals surface area contributed by atoms with Crippen molar-refractivity contribution in [1.82, 2.24) is 0 Å². The molecule has 1 rings (SSSR count). The second kappa shape index (κ2) is 11.3. The van der Waals surface area contributed by atoms with Gasteiger partial charge < -0.3 is 20.1 Å². The third kappa shape index (κ3) is 8.24. The first-order valence-electron chi connectivity index (χ1n) is 8.78. The highest BCUT2D eigenvalue weighted by Crippen LogP contribution is 2.27. The Bertz CT molecular complexity index is 433. The van der Waals surface area contributed by atoms with Gasteiger partial charge in [-0.05, 0) is 43.4 Å². The van der Waals surface area contributed by atoms with Crippen LogP contribution in [-0.4, -0.2) is 34.6 Å². The molecule has 0 aliphatic carbocycles. The highest BCUT2D eigenvalue weighted by Gasteiger charge is 2.12. The fourth-order valence-electron chi connectivity index (χ4n) is 2.76. The first-order valence-corrected chi connectivity index (χ1v) is 8.78. The summed E-state index contributed by atoms with van der Waals surface area (Å²) in [6.07, 6.45) is 7.41. The zero-order valence-corrected chi connectivity index (χ0v) is 14.5. The molecule has 0 spiro atoms. The second-order valence-electron chi connectivity index (χ2n) is 6.29. The molecule has 0 fully saturated rings. The average Bonchev–Trinajstić information content (AvgIpc) is 2.53. The number of aliphatic hydroxyl groups excluding tert-OH is 2. The lowest BCUT2D eigenvalue weighted by Gasteiger charge is -2.16. The minimum absolute atomic E-state index is 0.117. The summed E-state index contributed by atoms with van der Waals surface area (Å²) in [4.78, 5) is 0. The molecule has 0 aliphatic rings. The summed E-state index contributed by atoms with van der Waals surface area (Å²) in [6, 6.07) is 5.27. The van der Waals surface area contributed by atoms with Crippen molar-refractivity contribution in [3.05, 3.63) is 23.8 Å². The van der Waals surface area contributed by atoms with Crippen molar-refractivity contribution in [3.63, 3.8) is 0 Å². The summed E-state index contributed by atoms with van der Waals surface area (Å²) in [5, 5.41) is 29.7. The predicted octanol–water partition coefficient (Wildman–Crippen LogP) is 3.81. The Morgan fingerprint density at radius 3 is 2.35 bits per heavy atom. The van der Waals surface area contributed by atoms with E-state index in [0.717, 1.165) is 24.8 Å². The molecule has 0 bridgehead atoms. The number of unbranched alkanes of at least 4 members (excludes halogenated alkanes) is 4. The Hall–Kier alpha value is -1.26. The standard InChI is InChI=1S/C19H32O4/c1-3-4-5-6-7-8-16(20)14-17(21)11-9-15-10-12-19(23-2)18(22)13-15/h10,12-13,16-17,20-22H,3-9,11,14H2,1-2H3/t16-,17+/m0/s1. The quantitative estimate of drug-likeness (QED) is 0.511. The van der Waals surface area contributed by atoms with Gasteiger partial charge in [-0.15, -0.1) is 0 Å². The number of benzene rings is 1. The van der Waals surface area contributed by atoms with Gasteiger partial charge in [0.1, 0.15) is 0 Å². The van der Waals surface area contributed by atoms with Crippen LogP contribution >= 0.6 is 0 Å². The number of phenols is 1. The largest absolute Gasteiger partial charge is 0.504 e. The fourth-order valence-corrected chi connectivity index (χ4v) is 2.76. The lowest BCUT2D eigenvalue weighted by molar-refractivity contribution is 0.0697. The Kier molecular flexibility index (Phi) is 9.72. The Balaban J connectivity index is 2.22. The van der Waals surface area contributed by atoms with Gasteiger partial charge in [-0.25, -0.2) is 0 Å². The molecular weight excluding hydrogens is 292 g/mol. The van der Waals surface area contributed by atoms with Gasteiger partial charge in [0, 0.05) is 0 Å². The molecule has 132 valence electrons. The van der Waals surface area contributed by atoms with Crippen molar-refractivity contribution < 1.29 is 20.1 Å². The van der Waals surface area contributed by atoms with Gasteiger partial charge in [0.15, 0.2) is 11.5 Å². The molecule has 0 amide bonds. The van der Waals surface area contributed by atoms with Crippen molar-refractivity contribution in [1.29, 1.82) is 0 Å². The molecule has 0 aliphatic heterocycles. The summed E-state index contributed by atoms with van der Waals surface area (Å²) in [5.74, 6) is 0.569. The van der Waals surface area contributed by atoms with Gasteiger partial charge in [-0.3, -0.25) is 0 Å². The number of hydrogen-bond acceptors (Lipinski definition) is 4. The van der Waals surface area contributed by atoms with E-state index in [9.17, 15) is 15.3 Å². The molecule has 0 aromatic heterocycles. The monoisotopic (exact) mass is 324 g/mol. The maximum absolute atomic E-state index is 10.0. The van der Waals surface area contributed by atoms with E-state index < -0.39 is 12.2 Å². The summed E-state index contributed by atoms with van der Waals surface area (Å²) >= 11 is 0. The van der Waals surface area contributed by atoms with E-state index in [2.05, 4.69) is 6.92 Å². The average molecular weight is 324 g/mol. The van der Waals surface area contributed by atoms with Crippen LogP contribution in [0.5, 0.6) is 11.5 Å². The second-order valence-corrected chi connectivity index (χ2v) is 6.29. The van der Waals surface area contributed by atoms with Crippen molar-refractivity contribution in [3.8, 4) is 11.5 Å². The van der Waals surface area contributed by atoms with Gasteiger partial charge in [0.05, 0.1) is 19.3 Å². The van der Waals surface area contributed by atoms with Crippen LogP contribution in [0.4, 0.5) is 0 Å². The first-order chi connectivity index (χ1) is 11.1. The molecule has 0 unspecified atom stereocenters. The zero-order valence-electron chi connectivity index (χ0n) is 14.5. The maximum atomic E-state index is 10.0. The topological polar surface area (TPSA) is 69.9 Å². The molecule has 0 saturated carbocycles. The van der Waals surface area contributed by atoms with Crippen molar-refractivity contribution in [2.24, 2.45) is 0 Å². The van der Waals surface area contributed by atoms with Crippen LogP contribution in [0.1, 0.15) is 63.9 Å². The molecule has 23 heavy (non-hydrogen) atoms. The summed E-state index contributed by atoms with van der Waals surface area (Å²) in [6.45, 7) is 2.19. The predicted molar refractivity (Wildman–Crippen MR) is 93.0 cm³/mol. The highest BCUT2D eigenvalue weighted by atomic mass is 16.5. The van der Waals surface area contributed by atoms with E-state index in [1.165, 1.54) is 26.4 Å². The third-order valence-corrected chi connectivity index (χ3v) is 4.19. The molecule has 0 heterocycles. The number of methoxy groups -OCH3 is 1.